The van der Waals surface area contributed by atoms with E-state index in [1.165, 1.54) is 10.8 Å². The summed E-state index contributed by atoms with van der Waals surface area (Å²) < 4.78 is 30.0. The molecule has 0 saturated heterocycles. The number of nitrogens with zero attached hydrogens (tertiary/aromatic N) is 1. The zero-order valence-corrected chi connectivity index (χ0v) is 12.1. The van der Waals surface area contributed by atoms with Gasteiger partial charge >= 0.3 is 5.97 Å². The van der Waals surface area contributed by atoms with Crippen molar-refractivity contribution in [3.05, 3.63) is 24.4 Å². The third-order valence-corrected chi connectivity index (χ3v) is 4.03. The normalized spacial score (nSPS) is 11.7. The number of hydrogen-bond donors (Lipinski definition) is 1. The molecule has 0 unspecified atom stereocenters. The molecule has 1 aromatic carbocycles. The Kier molecular flexibility index (Phi) is 3.92. The fraction of sp³-hybridized carbons (Fsp3) is 0.250. The van der Waals surface area contributed by atoms with Gasteiger partial charge in [-0.25, -0.2) is 8.42 Å². The Bertz CT molecular complexity index is 765. The van der Waals surface area contributed by atoms with Crippen molar-refractivity contribution in [2.45, 2.75) is 18.4 Å². The summed E-state index contributed by atoms with van der Waals surface area (Å²) in [6.45, 7) is 1.76. The van der Waals surface area contributed by atoms with Crippen LogP contribution in [0.15, 0.2) is 29.3 Å². The molecule has 6 nitrogen and oxygen atoms in total. The average Bonchev–Trinajstić information content (AvgIpc) is 2.69. The smallest absolute Gasteiger partial charge is 0.323 e. The van der Waals surface area contributed by atoms with Crippen LogP contribution in [0.3, 0.4) is 0 Å². The lowest BCUT2D eigenvalue weighted by Gasteiger charge is -2.06. The third kappa shape index (κ3) is 2.73. The van der Waals surface area contributed by atoms with Crippen molar-refractivity contribution >= 4 is 36.6 Å². The second kappa shape index (κ2) is 5.34. The Labute approximate surface area is 119 Å². The number of carboxylic acid groups (broad SMARTS) is 1. The van der Waals surface area contributed by atoms with Crippen molar-refractivity contribution in [1.29, 1.82) is 0 Å². The first-order valence-electron chi connectivity index (χ1n) is 5.75. The monoisotopic (exact) mass is 317 g/mol. The number of halogens is 1. The van der Waals surface area contributed by atoms with Crippen LogP contribution in [-0.4, -0.2) is 30.7 Å². The maximum atomic E-state index is 11.7. The molecule has 0 amide bonds. The minimum atomic E-state index is -4.01. The van der Waals surface area contributed by atoms with Gasteiger partial charge in [-0.05, 0) is 19.1 Å². The summed E-state index contributed by atoms with van der Waals surface area (Å²) in [6.07, 6.45) is 1.21. The van der Waals surface area contributed by atoms with Crippen LogP contribution in [0, 0.1) is 0 Å². The first-order chi connectivity index (χ1) is 9.34. The fourth-order valence-electron chi connectivity index (χ4n) is 2.02. The zero-order valence-electron chi connectivity index (χ0n) is 10.5. The molecule has 2 rings (SSSR count). The van der Waals surface area contributed by atoms with Crippen molar-refractivity contribution in [3.8, 4) is 5.75 Å². The number of benzene rings is 1. The second-order valence-corrected chi connectivity index (χ2v) is 6.57. The van der Waals surface area contributed by atoms with Gasteiger partial charge in [0.05, 0.1) is 17.5 Å². The molecule has 0 aliphatic carbocycles. The van der Waals surface area contributed by atoms with Crippen LogP contribution >= 0.6 is 10.7 Å². The van der Waals surface area contributed by atoms with Crippen molar-refractivity contribution in [2.75, 3.05) is 6.61 Å². The molecule has 20 heavy (non-hydrogen) atoms. The lowest BCUT2D eigenvalue weighted by atomic mass is 10.2. The van der Waals surface area contributed by atoms with E-state index in [1.54, 1.807) is 25.1 Å². The summed E-state index contributed by atoms with van der Waals surface area (Å²) in [4.78, 5) is 10.7. The van der Waals surface area contributed by atoms with Crippen molar-refractivity contribution in [2.24, 2.45) is 0 Å². The van der Waals surface area contributed by atoms with Gasteiger partial charge in [0.1, 0.15) is 17.2 Å². The topological polar surface area (TPSA) is 85.6 Å². The Morgan fingerprint density at radius 3 is 2.70 bits per heavy atom. The van der Waals surface area contributed by atoms with Crippen molar-refractivity contribution in [3.63, 3.8) is 0 Å². The number of aromatic nitrogens is 1. The highest BCUT2D eigenvalue weighted by Crippen LogP contribution is 2.35. The van der Waals surface area contributed by atoms with Crippen molar-refractivity contribution in [1.82, 2.24) is 4.57 Å². The predicted octanol–water partition coefficient (Wildman–Crippen LogP) is 2.05. The van der Waals surface area contributed by atoms with Gasteiger partial charge in [-0.2, -0.15) is 0 Å². The molecule has 0 fully saturated rings. The lowest BCUT2D eigenvalue weighted by molar-refractivity contribution is -0.137. The number of ether oxygens (including phenoxy) is 1. The molecule has 0 radical (unpaired) electrons. The Hall–Kier alpha value is -1.73. The number of carbonyl (C=O) groups is 1. The lowest BCUT2D eigenvalue weighted by Crippen LogP contribution is -2.07. The van der Waals surface area contributed by atoms with E-state index >= 15 is 0 Å². The SMILES string of the molecule is CCOc1cccc2c1c(S(=O)(=O)Cl)cn2CC(=O)O. The largest absolute Gasteiger partial charge is 0.493 e. The van der Waals surface area contributed by atoms with Gasteiger partial charge < -0.3 is 14.4 Å². The number of rotatable bonds is 5. The molecule has 2 aromatic rings. The molecule has 0 spiro atoms. The molecule has 0 bridgehead atoms. The van der Waals surface area contributed by atoms with Crippen LogP contribution in [0.1, 0.15) is 6.92 Å². The molecular formula is C12H12ClNO5S. The van der Waals surface area contributed by atoms with Crippen LogP contribution in [0.5, 0.6) is 5.75 Å². The van der Waals surface area contributed by atoms with E-state index in [-0.39, 0.29) is 11.4 Å². The number of fused-ring (bicyclic) bond motifs is 1. The third-order valence-electron chi connectivity index (χ3n) is 2.70. The van der Waals surface area contributed by atoms with Gasteiger partial charge in [-0.3, -0.25) is 4.79 Å². The molecule has 1 aromatic heterocycles. The van der Waals surface area contributed by atoms with Gasteiger partial charge in [0.15, 0.2) is 0 Å². The maximum Gasteiger partial charge on any atom is 0.323 e. The standard InChI is InChI=1S/C12H12ClNO5S/c1-2-19-9-5-3-4-8-12(9)10(20(13,17)18)6-14(8)7-11(15)16/h3-6H,2,7H2,1H3,(H,15,16). The van der Waals surface area contributed by atoms with Crippen LogP contribution in [-0.2, 0) is 20.4 Å². The summed E-state index contributed by atoms with van der Waals surface area (Å²) in [5, 5.41) is 9.17. The second-order valence-electron chi connectivity index (χ2n) is 4.04. The fourth-order valence-corrected chi connectivity index (χ4v) is 3.07. The van der Waals surface area contributed by atoms with E-state index in [0.29, 0.717) is 23.3 Å². The molecule has 0 aliphatic rings. The molecule has 1 heterocycles. The first-order valence-corrected chi connectivity index (χ1v) is 8.06. The minimum absolute atomic E-state index is 0.153. The highest BCUT2D eigenvalue weighted by molar-refractivity contribution is 8.14. The van der Waals surface area contributed by atoms with E-state index in [4.69, 9.17) is 20.5 Å². The molecule has 1 N–H and O–H groups in total. The highest BCUT2D eigenvalue weighted by Gasteiger charge is 2.22. The Balaban J connectivity index is 2.80. The Morgan fingerprint density at radius 1 is 1.45 bits per heavy atom. The summed E-state index contributed by atoms with van der Waals surface area (Å²) >= 11 is 0. The van der Waals surface area contributed by atoms with Gasteiger partial charge in [-0.1, -0.05) is 6.07 Å². The summed E-state index contributed by atoms with van der Waals surface area (Å²) in [6, 6.07) is 4.89. The van der Waals surface area contributed by atoms with E-state index in [2.05, 4.69) is 0 Å². The number of carboxylic acids is 1. The highest BCUT2D eigenvalue weighted by atomic mass is 35.7. The summed E-state index contributed by atoms with van der Waals surface area (Å²) in [5.74, 6) is -0.726. The van der Waals surface area contributed by atoms with E-state index in [1.807, 2.05) is 0 Å². The Morgan fingerprint density at radius 2 is 2.15 bits per heavy atom. The summed E-state index contributed by atoms with van der Waals surface area (Å²) in [5.41, 5.74) is 0.442. The molecule has 0 aliphatic heterocycles. The van der Waals surface area contributed by atoms with E-state index in [9.17, 15) is 13.2 Å². The molecule has 0 atom stereocenters. The van der Waals surface area contributed by atoms with Crippen LogP contribution in [0.4, 0.5) is 0 Å². The maximum absolute atomic E-state index is 11.7. The van der Waals surface area contributed by atoms with Gasteiger partial charge in [-0.15, -0.1) is 0 Å². The van der Waals surface area contributed by atoms with Crippen molar-refractivity contribution < 1.29 is 23.1 Å². The predicted molar refractivity (Wildman–Crippen MR) is 73.8 cm³/mol. The van der Waals surface area contributed by atoms with Gasteiger partial charge in [0.2, 0.25) is 0 Å². The summed E-state index contributed by atoms with van der Waals surface area (Å²) in [7, 11) is 1.41. The quantitative estimate of drug-likeness (QED) is 0.853. The molecule has 8 heteroatoms. The number of hydrogen-bond acceptors (Lipinski definition) is 4. The zero-order chi connectivity index (χ0) is 14.9. The first kappa shape index (κ1) is 14.7. The van der Waals surface area contributed by atoms with Crippen LogP contribution < -0.4 is 4.74 Å². The average molecular weight is 318 g/mol. The molecule has 0 saturated carbocycles. The van der Waals surface area contributed by atoms with Gasteiger partial charge in [0.25, 0.3) is 9.05 Å². The van der Waals surface area contributed by atoms with E-state index in [0.717, 1.165) is 0 Å². The molecular weight excluding hydrogens is 306 g/mol. The molecule has 108 valence electrons. The number of aliphatic carboxylic acids is 1. The van der Waals surface area contributed by atoms with E-state index < -0.39 is 15.0 Å². The minimum Gasteiger partial charge on any atom is -0.493 e. The van der Waals surface area contributed by atoms with Crippen LogP contribution in [0.2, 0.25) is 0 Å². The van der Waals surface area contributed by atoms with Gasteiger partial charge in [0, 0.05) is 16.9 Å². The van der Waals surface area contributed by atoms with Crippen LogP contribution in [0.25, 0.3) is 10.9 Å².